The van der Waals surface area contributed by atoms with Gasteiger partial charge in [-0.25, -0.2) is 0 Å². The molecule has 0 fully saturated rings. The molecule has 0 atom stereocenters. The molecule has 0 saturated carbocycles. The Labute approximate surface area is 112 Å². The Morgan fingerprint density at radius 3 is 2.29 bits per heavy atom. The SMILES string of the molecule is COc1ccc(CSC(C)(C)C(=O)O)cc1.Cl. The van der Waals surface area contributed by atoms with Crippen molar-refractivity contribution in [3.8, 4) is 5.75 Å². The van der Waals surface area contributed by atoms with E-state index in [1.807, 2.05) is 24.3 Å². The van der Waals surface area contributed by atoms with Crippen LogP contribution in [-0.2, 0) is 10.5 Å². The molecule has 1 aromatic carbocycles. The van der Waals surface area contributed by atoms with E-state index in [2.05, 4.69) is 0 Å². The van der Waals surface area contributed by atoms with Crippen LogP contribution in [0.15, 0.2) is 24.3 Å². The summed E-state index contributed by atoms with van der Waals surface area (Å²) in [6.07, 6.45) is 0. The van der Waals surface area contributed by atoms with Crippen molar-refractivity contribution in [2.45, 2.75) is 24.3 Å². The van der Waals surface area contributed by atoms with Gasteiger partial charge in [-0.2, -0.15) is 0 Å². The lowest BCUT2D eigenvalue weighted by Crippen LogP contribution is -2.27. The third kappa shape index (κ3) is 4.88. The first-order chi connectivity index (χ1) is 7.45. The van der Waals surface area contributed by atoms with Gasteiger partial charge in [-0.3, -0.25) is 4.79 Å². The van der Waals surface area contributed by atoms with Crippen molar-refractivity contribution >= 4 is 30.1 Å². The fraction of sp³-hybridized carbons (Fsp3) is 0.417. The Balaban J connectivity index is 0.00000256. The van der Waals surface area contributed by atoms with Gasteiger partial charge in [0.2, 0.25) is 0 Å². The topological polar surface area (TPSA) is 46.5 Å². The molecule has 0 amide bonds. The summed E-state index contributed by atoms with van der Waals surface area (Å²) in [5, 5.41) is 8.96. The number of hydrogen-bond acceptors (Lipinski definition) is 3. The lowest BCUT2D eigenvalue weighted by molar-refractivity contribution is -0.138. The average molecular weight is 277 g/mol. The molecule has 0 aromatic heterocycles. The molecule has 0 unspecified atom stereocenters. The Morgan fingerprint density at radius 1 is 1.35 bits per heavy atom. The summed E-state index contributed by atoms with van der Waals surface area (Å²) < 4.78 is 4.30. The summed E-state index contributed by atoms with van der Waals surface area (Å²) in [4.78, 5) is 10.9. The maximum atomic E-state index is 10.9. The lowest BCUT2D eigenvalue weighted by atomic mass is 10.2. The van der Waals surface area contributed by atoms with E-state index >= 15 is 0 Å². The minimum atomic E-state index is -0.786. The highest BCUT2D eigenvalue weighted by Crippen LogP contribution is 2.28. The smallest absolute Gasteiger partial charge is 0.319 e. The zero-order valence-electron chi connectivity index (χ0n) is 10.1. The van der Waals surface area contributed by atoms with Crippen molar-refractivity contribution in [1.29, 1.82) is 0 Å². The van der Waals surface area contributed by atoms with Crippen LogP contribution >= 0.6 is 24.2 Å². The second-order valence-corrected chi connectivity index (χ2v) is 5.55. The van der Waals surface area contributed by atoms with E-state index in [0.717, 1.165) is 11.3 Å². The number of aliphatic carboxylic acids is 1. The molecule has 0 aliphatic rings. The summed E-state index contributed by atoms with van der Waals surface area (Å²) in [7, 11) is 1.62. The van der Waals surface area contributed by atoms with E-state index in [4.69, 9.17) is 9.84 Å². The lowest BCUT2D eigenvalue weighted by Gasteiger charge is -2.18. The molecule has 3 nitrogen and oxygen atoms in total. The Bertz CT molecular complexity index is 363. The van der Waals surface area contributed by atoms with Gasteiger partial charge in [-0.15, -0.1) is 24.2 Å². The second kappa shape index (κ2) is 6.77. The zero-order valence-corrected chi connectivity index (χ0v) is 11.7. The van der Waals surface area contributed by atoms with Gasteiger partial charge >= 0.3 is 5.97 Å². The van der Waals surface area contributed by atoms with Gasteiger partial charge in [0.1, 0.15) is 10.5 Å². The number of carboxylic acids is 1. The van der Waals surface area contributed by atoms with E-state index in [1.165, 1.54) is 11.8 Å². The minimum Gasteiger partial charge on any atom is -0.497 e. The average Bonchev–Trinajstić information content (AvgIpc) is 2.27. The van der Waals surface area contributed by atoms with Crippen LogP contribution in [0.1, 0.15) is 19.4 Å². The Kier molecular flexibility index (Phi) is 6.42. The number of halogens is 1. The first-order valence-electron chi connectivity index (χ1n) is 4.96. The fourth-order valence-corrected chi connectivity index (χ4v) is 1.89. The molecule has 0 aliphatic heterocycles. The van der Waals surface area contributed by atoms with E-state index in [-0.39, 0.29) is 12.4 Å². The molecule has 1 rings (SSSR count). The third-order valence-corrected chi connectivity index (χ3v) is 3.65. The van der Waals surface area contributed by atoms with Crippen LogP contribution in [0.3, 0.4) is 0 Å². The first kappa shape index (κ1) is 16.1. The molecule has 5 heteroatoms. The summed E-state index contributed by atoms with van der Waals surface area (Å²) in [6.45, 7) is 3.42. The Morgan fingerprint density at radius 2 is 1.88 bits per heavy atom. The number of hydrogen-bond donors (Lipinski definition) is 1. The van der Waals surface area contributed by atoms with Crippen LogP contribution in [0, 0.1) is 0 Å². The number of ether oxygens (including phenoxy) is 1. The normalized spacial score (nSPS) is 10.5. The highest BCUT2D eigenvalue weighted by molar-refractivity contribution is 8.00. The third-order valence-electron chi connectivity index (χ3n) is 2.27. The summed E-state index contributed by atoms with van der Waals surface area (Å²) in [6, 6.07) is 7.65. The quantitative estimate of drug-likeness (QED) is 0.897. The molecule has 1 N–H and O–H groups in total. The van der Waals surface area contributed by atoms with Gasteiger partial charge in [0.15, 0.2) is 0 Å². The van der Waals surface area contributed by atoms with Crippen LogP contribution < -0.4 is 4.74 Å². The highest BCUT2D eigenvalue weighted by Gasteiger charge is 2.27. The van der Waals surface area contributed by atoms with Crippen molar-refractivity contribution in [3.63, 3.8) is 0 Å². The van der Waals surface area contributed by atoms with Crippen molar-refractivity contribution in [2.75, 3.05) is 7.11 Å². The number of carboxylic acid groups (broad SMARTS) is 1. The van der Waals surface area contributed by atoms with E-state index < -0.39 is 10.7 Å². The monoisotopic (exact) mass is 276 g/mol. The molecular formula is C12H17ClO3S. The van der Waals surface area contributed by atoms with Crippen molar-refractivity contribution in [2.24, 2.45) is 0 Å². The van der Waals surface area contributed by atoms with Gasteiger partial charge < -0.3 is 9.84 Å². The fourth-order valence-electron chi connectivity index (χ4n) is 1.05. The molecule has 0 saturated heterocycles. The van der Waals surface area contributed by atoms with Crippen molar-refractivity contribution < 1.29 is 14.6 Å². The predicted octanol–water partition coefficient (Wildman–Crippen LogP) is 3.21. The summed E-state index contributed by atoms with van der Waals surface area (Å²) in [5.74, 6) is 0.709. The van der Waals surface area contributed by atoms with Crippen LogP contribution in [0.4, 0.5) is 0 Å². The standard InChI is InChI=1S/C12H16O3S.ClH/c1-12(2,11(13)14)16-8-9-4-6-10(15-3)7-5-9;/h4-7H,8H2,1-3H3,(H,13,14);1H. The van der Waals surface area contributed by atoms with Gasteiger partial charge in [0, 0.05) is 5.75 Å². The summed E-state index contributed by atoms with van der Waals surface area (Å²) in [5.41, 5.74) is 1.10. The van der Waals surface area contributed by atoms with Crippen LogP contribution in [0.2, 0.25) is 0 Å². The molecule has 17 heavy (non-hydrogen) atoms. The molecule has 0 spiro atoms. The molecule has 0 aliphatic carbocycles. The maximum absolute atomic E-state index is 10.9. The summed E-state index contributed by atoms with van der Waals surface area (Å²) >= 11 is 1.41. The number of thioether (sulfide) groups is 1. The van der Waals surface area contributed by atoms with Crippen LogP contribution in [0.25, 0.3) is 0 Å². The number of benzene rings is 1. The molecule has 0 radical (unpaired) electrons. The van der Waals surface area contributed by atoms with E-state index in [9.17, 15) is 4.79 Å². The van der Waals surface area contributed by atoms with Crippen LogP contribution in [0.5, 0.6) is 5.75 Å². The highest BCUT2D eigenvalue weighted by atomic mass is 35.5. The first-order valence-corrected chi connectivity index (χ1v) is 5.94. The maximum Gasteiger partial charge on any atom is 0.319 e. The molecule has 96 valence electrons. The number of rotatable bonds is 5. The largest absolute Gasteiger partial charge is 0.497 e. The second-order valence-electron chi connectivity index (χ2n) is 3.95. The number of carbonyl (C=O) groups is 1. The molecule has 0 heterocycles. The minimum absolute atomic E-state index is 0. The number of methoxy groups -OCH3 is 1. The molecule has 1 aromatic rings. The zero-order chi connectivity index (χ0) is 12.2. The van der Waals surface area contributed by atoms with Gasteiger partial charge in [0.05, 0.1) is 7.11 Å². The Hall–Kier alpha value is -0.870. The van der Waals surface area contributed by atoms with Gasteiger partial charge in [-0.1, -0.05) is 12.1 Å². The van der Waals surface area contributed by atoms with E-state index in [1.54, 1.807) is 21.0 Å². The van der Waals surface area contributed by atoms with Gasteiger partial charge in [0.25, 0.3) is 0 Å². The predicted molar refractivity (Wildman–Crippen MR) is 73.3 cm³/mol. The van der Waals surface area contributed by atoms with E-state index in [0.29, 0.717) is 5.75 Å². The molecular weight excluding hydrogens is 260 g/mol. The molecule has 0 bridgehead atoms. The van der Waals surface area contributed by atoms with Crippen LogP contribution in [-0.4, -0.2) is 22.9 Å². The van der Waals surface area contributed by atoms with Crippen molar-refractivity contribution in [1.82, 2.24) is 0 Å². The van der Waals surface area contributed by atoms with Gasteiger partial charge in [-0.05, 0) is 31.5 Å². The van der Waals surface area contributed by atoms with Crippen molar-refractivity contribution in [3.05, 3.63) is 29.8 Å².